The van der Waals surface area contributed by atoms with Gasteiger partial charge in [0.05, 0.1) is 17.3 Å². The van der Waals surface area contributed by atoms with E-state index in [0.717, 1.165) is 5.69 Å². The highest BCUT2D eigenvalue weighted by molar-refractivity contribution is 6.30. The quantitative estimate of drug-likeness (QED) is 0.905. The van der Waals surface area contributed by atoms with Gasteiger partial charge in [-0.05, 0) is 31.0 Å². The molecule has 0 bridgehead atoms. The van der Waals surface area contributed by atoms with Crippen molar-refractivity contribution in [2.75, 3.05) is 13.1 Å². The van der Waals surface area contributed by atoms with E-state index in [1.165, 1.54) is 0 Å². The molecular formula is C16H18ClN5O2. The molecule has 0 radical (unpaired) electrons. The van der Waals surface area contributed by atoms with Crippen LogP contribution in [0.3, 0.4) is 0 Å². The smallest absolute Gasteiger partial charge is 0.276 e. The molecule has 0 aliphatic carbocycles. The summed E-state index contributed by atoms with van der Waals surface area (Å²) in [6.45, 7) is 2.77. The van der Waals surface area contributed by atoms with Crippen LogP contribution in [-0.4, -0.2) is 44.8 Å². The number of hydrogen-bond donors (Lipinski definition) is 1. The number of halogens is 1. The van der Waals surface area contributed by atoms with Gasteiger partial charge in [-0.2, -0.15) is 0 Å². The Morgan fingerprint density at radius 1 is 1.42 bits per heavy atom. The van der Waals surface area contributed by atoms with Crippen LogP contribution >= 0.6 is 11.6 Å². The van der Waals surface area contributed by atoms with Crippen LogP contribution in [0.2, 0.25) is 5.02 Å². The molecule has 8 heteroatoms. The van der Waals surface area contributed by atoms with Gasteiger partial charge in [-0.15, -0.1) is 5.10 Å². The number of aromatic nitrogens is 3. The van der Waals surface area contributed by atoms with Crippen LogP contribution in [-0.2, 0) is 11.2 Å². The van der Waals surface area contributed by atoms with E-state index < -0.39 is 0 Å². The van der Waals surface area contributed by atoms with Crippen molar-refractivity contribution in [1.82, 2.24) is 19.9 Å². The maximum Gasteiger partial charge on any atom is 0.276 e. The Labute approximate surface area is 144 Å². The maximum absolute atomic E-state index is 12.7. The fourth-order valence-corrected chi connectivity index (χ4v) is 3.11. The average Bonchev–Trinajstić information content (AvgIpc) is 3.21. The Bertz CT molecular complexity index is 789. The first-order chi connectivity index (χ1) is 11.5. The van der Waals surface area contributed by atoms with Crippen molar-refractivity contribution in [2.24, 2.45) is 11.7 Å². The minimum Gasteiger partial charge on any atom is -0.369 e. The Morgan fingerprint density at radius 3 is 2.83 bits per heavy atom. The van der Waals surface area contributed by atoms with Gasteiger partial charge >= 0.3 is 0 Å². The zero-order valence-electron chi connectivity index (χ0n) is 13.3. The Morgan fingerprint density at radius 2 is 2.21 bits per heavy atom. The van der Waals surface area contributed by atoms with Crippen LogP contribution in [0, 0.1) is 5.92 Å². The number of benzene rings is 1. The summed E-state index contributed by atoms with van der Waals surface area (Å²) in [5.74, 6) is -0.880. The lowest BCUT2D eigenvalue weighted by atomic mass is 10.1. The molecule has 1 aromatic carbocycles. The van der Waals surface area contributed by atoms with Gasteiger partial charge in [-0.3, -0.25) is 9.59 Å². The van der Waals surface area contributed by atoms with E-state index in [-0.39, 0.29) is 17.7 Å². The van der Waals surface area contributed by atoms with E-state index in [1.807, 2.05) is 19.1 Å². The minimum atomic E-state index is -0.372. The third-order valence-electron chi connectivity index (χ3n) is 4.23. The molecule has 0 saturated carbocycles. The van der Waals surface area contributed by atoms with Crippen LogP contribution in [0.25, 0.3) is 5.69 Å². The molecule has 2 amide bonds. The summed E-state index contributed by atoms with van der Waals surface area (Å²) in [6.07, 6.45) is 1.18. The predicted molar refractivity (Wildman–Crippen MR) is 89.0 cm³/mol. The lowest BCUT2D eigenvalue weighted by Crippen LogP contribution is -2.32. The summed E-state index contributed by atoms with van der Waals surface area (Å²) in [7, 11) is 0. The molecule has 1 aromatic heterocycles. The highest BCUT2D eigenvalue weighted by Gasteiger charge is 2.32. The Balaban J connectivity index is 1.90. The number of carbonyl (C=O) groups excluding carboxylic acids is 2. The summed E-state index contributed by atoms with van der Waals surface area (Å²) >= 11 is 6.03. The van der Waals surface area contributed by atoms with E-state index in [9.17, 15) is 9.59 Å². The van der Waals surface area contributed by atoms with Crippen LogP contribution in [0.4, 0.5) is 0 Å². The third kappa shape index (κ3) is 2.99. The lowest BCUT2D eigenvalue weighted by molar-refractivity contribution is -0.121. The van der Waals surface area contributed by atoms with Gasteiger partial charge in [-0.25, -0.2) is 4.68 Å². The maximum atomic E-state index is 12.7. The molecule has 2 aromatic rings. The highest BCUT2D eigenvalue weighted by Crippen LogP contribution is 2.22. The molecule has 1 aliphatic heterocycles. The van der Waals surface area contributed by atoms with Gasteiger partial charge in [0, 0.05) is 18.1 Å². The summed E-state index contributed by atoms with van der Waals surface area (Å²) in [6, 6.07) is 7.21. The van der Waals surface area contributed by atoms with Gasteiger partial charge in [0.1, 0.15) is 0 Å². The molecule has 1 fully saturated rings. The second kappa shape index (κ2) is 6.60. The molecular weight excluding hydrogens is 330 g/mol. The topological polar surface area (TPSA) is 94.1 Å². The number of likely N-dealkylation sites (tertiary alicyclic amines) is 1. The Kier molecular flexibility index (Phi) is 4.53. The molecule has 7 nitrogen and oxygen atoms in total. The summed E-state index contributed by atoms with van der Waals surface area (Å²) in [5, 5.41) is 8.77. The first kappa shape index (κ1) is 16.4. The first-order valence-corrected chi connectivity index (χ1v) is 8.18. The SMILES string of the molecule is CCc1c(C(=O)N2CC[C@H](C(N)=O)C2)nnn1-c1cccc(Cl)c1. The van der Waals surface area contributed by atoms with Crippen LogP contribution in [0.15, 0.2) is 24.3 Å². The van der Waals surface area contributed by atoms with Gasteiger partial charge in [0.25, 0.3) is 5.91 Å². The average molecular weight is 348 g/mol. The first-order valence-electron chi connectivity index (χ1n) is 7.80. The third-order valence-corrected chi connectivity index (χ3v) is 4.47. The number of carbonyl (C=O) groups is 2. The second-order valence-electron chi connectivity index (χ2n) is 5.77. The van der Waals surface area contributed by atoms with E-state index in [1.54, 1.807) is 21.7 Å². The largest absolute Gasteiger partial charge is 0.369 e. The van der Waals surface area contributed by atoms with Crippen LogP contribution in [0.1, 0.15) is 29.5 Å². The van der Waals surface area contributed by atoms with E-state index >= 15 is 0 Å². The van der Waals surface area contributed by atoms with Gasteiger partial charge in [0.2, 0.25) is 5.91 Å². The zero-order valence-corrected chi connectivity index (χ0v) is 14.0. The van der Waals surface area contributed by atoms with E-state index in [0.29, 0.717) is 42.3 Å². The van der Waals surface area contributed by atoms with Crippen molar-refractivity contribution in [3.8, 4) is 5.69 Å². The molecule has 3 rings (SSSR count). The number of nitrogens with two attached hydrogens (primary N) is 1. The van der Waals surface area contributed by atoms with Crippen molar-refractivity contribution in [3.63, 3.8) is 0 Å². The molecule has 2 heterocycles. The molecule has 1 atom stereocenters. The minimum absolute atomic E-state index is 0.219. The van der Waals surface area contributed by atoms with Crippen molar-refractivity contribution < 1.29 is 9.59 Å². The zero-order chi connectivity index (χ0) is 17.3. The predicted octanol–water partition coefficient (Wildman–Crippen LogP) is 1.43. The van der Waals surface area contributed by atoms with Crippen molar-refractivity contribution in [1.29, 1.82) is 0 Å². The number of hydrogen-bond acceptors (Lipinski definition) is 4. The molecule has 2 N–H and O–H groups in total. The molecule has 0 spiro atoms. The highest BCUT2D eigenvalue weighted by atomic mass is 35.5. The van der Waals surface area contributed by atoms with E-state index in [2.05, 4.69) is 10.3 Å². The van der Waals surface area contributed by atoms with Crippen LogP contribution < -0.4 is 5.73 Å². The normalized spacial score (nSPS) is 17.2. The molecule has 1 aliphatic rings. The Hall–Kier alpha value is -2.41. The number of rotatable bonds is 4. The fourth-order valence-electron chi connectivity index (χ4n) is 2.93. The second-order valence-corrected chi connectivity index (χ2v) is 6.21. The standard InChI is InChI=1S/C16H18ClN5O2/c1-2-13-14(16(24)21-7-6-10(9-21)15(18)23)19-20-22(13)12-5-3-4-11(17)8-12/h3-5,8,10H,2,6-7,9H2,1H3,(H2,18,23)/t10-/m0/s1. The van der Waals surface area contributed by atoms with Crippen molar-refractivity contribution >= 4 is 23.4 Å². The van der Waals surface area contributed by atoms with E-state index in [4.69, 9.17) is 17.3 Å². The van der Waals surface area contributed by atoms with Crippen LogP contribution in [0.5, 0.6) is 0 Å². The summed E-state index contributed by atoms with van der Waals surface area (Å²) < 4.78 is 1.63. The van der Waals surface area contributed by atoms with Gasteiger partial charge in [0.15, 0.2) is 5.69 Å². The van der Waals surface area contributed by atoms with Crippen molar-refractivity contribution in [2.45, 2.75) is 19.8 Å². The number of primary amides is 1. The summed E-state index contributed by atoms with van der Waals surface area (Å²) in [5.41, 5.74) is 7.10. The van der Waals surface area contributed by atoms with Crippen molar-refractivity contribution in [3.05, 3.63) is 40.7 Å². The number of amides is 2. The van der Waals surface area contributed by atoms with Gasteiger partial charge < -0.3 is 10.6 Å². The molecule has 24 heavy (non-hydrogen) atoms. The van der Waals surface area contributed by atoms with Gasteiger partial charge in [-0.1, -0.05) is 29.8 Å². The summed E-state index contributed by atoms with van der Waals surface area (Å²) in [4.78, 5) is 25.6. The molecule has 0 unspecified atom stereocenters. The number of nitrogens with zero attached hydrogens (tertiary/aromatic N) is 4. The lowest BCUT2D eigenvalue weighted by Gasteiger charge is -2.15. The monoisotopic (exact) mass is 347 g/mol. The fraction of sp³-hybridized carbons (Fsp3) is 0.375. The molecule has 1 saturated heterocycles. The molecule has 126 valence electrons.